The lowest BCUT2D eigenvalue weighted by atomic mass is 9.92. The summed E-state index contributed by atoms with van der Waals surface area (Å²) >= 11 is 1.60. The topological polar surface area (TPSA) is 75.7 Å². The molecule has 1 saturated heterocycles. The van der Waals surface area contributed by atoms with Gasteiger partial charge >= 0.3 is 6.09 Å². The molecule has 0 aromatic carbocycles. The summed E-state index contributed by atoms with van der Waals surface area (Å²) in [7, 11) is 0. The Morgan fingerprint density at radius 2 is 1.80 bits per heavy atom. The molecule has 0 spiro atoms. The molecular formula is C28H38N2O4S. The van der Waals surface area contributed by atoms with E-state index in [1.165, 1.54) is 11.1 Å². The quantitative estimate of drug-likeness (QED) is 0.523. The second-order valence-corrected chi connectivity index (χ2v) is 11.3. The molecule has 1 aliphatic heterocycles. The standard InChI is InChI=1S/C28H38N2O4S/c1-8-21(20-9-11-30(12-10-20)27(33)34-28(5,6)7)25-19(4)23(16-35-25)26(32)29-15-22-18(3)13-17(2)14-24(22)31/h13,16H,8-12,14-15H2,1-7H3,(H,29,32). The number of hydrogen-bond acceptors (Lipinski definition) is 5. The van der Waals surface area contributed by atoms with Crippen LogP contribution in [-0.4, -0.2) is 47.9 Å². The molecule has 0 atom stereocenters. The van der Waals surface area contributed by atoms with Crippen molar-refractivity contribution >= 4 is 34.7 Å². The fourth-order valence-electron chi connectivity index (χ4n) is 4.69. The zero-order chi connectivity index (χ0) is 25.9. The Labute approximate surface area is 213 Å². The molecule has 0 saturated carbocycles. The van der Waals surface area contributed by atoms with Crippen molar-refractivity contribution in [3.05, 3.63) is 49.8 Å². The van der Waals surface area contributed by atoms with Gasteiger partial charge in [0.15, 0.2) is 5.78 Å². The zero-order valence-electron chi connectivity index (χ0n) is 22.1. The molecule has 0 radical (unpaired) electrons. The number of ketones is 1. The molecule has 1 N–H and O–H groups in total. The number of carbonyl (C=O) groups is 3. The van der Waals surface area contributed by atoms with Crippen molar-refractivity contribution in [2.24, 2.45) is 0 Å². The highest BCUT2D eigenvalue weighted by atomic mass is 32.1. The van der Waals surface area contributed by atoms with Gasteiger partial charge in [0.05, 0.1) is 5.56 Å². The van der Waals surface area contributed by atoms with Gasteiger partial charge in [0, 0.05) is 41.9 Å². The van der Waals surface area contributed by atoms with E-state index in [2.05, 4.69) is 12.2 Å². The molecule has 2 aliphatic rings. The van der Waals surface area contributed by atoms with Crippen molar-refractivity contribution in [2.75, 3.05) is 19.6 Å². The molecule has 0 unspecified atom stereocenters. The molecule has 7 heteroatoms. The number of rotatable bonds is 5. The van der Waals surface area contributed by atoms with Gasteiger partial charge in [0.2, 0.25) is 0 Å². The SMILES string of the molecule is CCC(=C1CCN(C(=O)OC(C)(C)C)CC1)c1scc(C(=O)NCC2=C(C)C=C(C)CC2=O)c1C. The lowest BCUT2D eigenvalue weighted by molar-refractivity contribution is -0.115. The maximum atomic E-state index is 13.0. The fourth-order valence-corrected chi connectivity index (χ4v) is 5.92. The first-order chi connectivity index (χ1) is 16.4. The Balaban J connectivity index is 1.71. The second-order valence-electron chi connectivity index (χ2n) is 10.4. The summed E-state index contributed by atoms with van der Waals surface area (Å²) in [5, 5.41) is 4.87. The lowest BCUT2D eigenvalue weighted by Crippen LogP contribution is -2.40. The highest BCUT2D eigenvalue weighted by molar-refractivity contribution is 7.11. The van der Waals surface area contributed by atoms with E-state index < -0.39 is 5.60 Å². The average molecular weight is 499 g/mol. The average Bonchev–Trinajstić information content (AvgIpc) is 3.14. The molecule has 6 nitrogen and oxygen atoms in total. The molecular weight excluding hydrogens is 460 g/mol. The number of ether oxygens (including phenoxy) is 1. The molecule has 2 heterocycles. The number of carbonyl (C=O) groups excluding carboxylic acids is 3. The van der Waals surface area contributed by atoms with Gasteiger partial charge in [-0.25, -0.2) is 4.79 Å². The third-order valence-corrected chi connectivity index (χ3v) is 7.64. The van der Waals surface area contributed by atoms with Crippen LogP contribution in [0.5, 0.6) is 0 Å². The molecule has 190 valence electrons. The van der Waals surface area contributed by atoms with Crippen LogP contribution in [0.3, 0.4) is 0 Å². The summed E-state index contributed by atoms with van der Waals surface area (Å²) in [5.41, 5.74) is 6.43. The molecule has 3 rings (SSSR count). The minimum absolute atomic E-state index is 0.0845. The number of thiophene rings is 1. The Morgan fingerprint density at radius 3 is 2.37 bits per heavy atom. The number of piperidine rings is 1. The van der Waals surface area contributed by atoms with Crippen molar-refractivity contribution < 1.29 is 19.1 Å². The van der Waals surface area contributed by atoms with Gasteiger partial charge in [-0.05, 0) is 77.5 Å². The van der Waals surface area contributed by atoms with E-state index in [1.807, 2.05) is 53.0 Å². The molecule has 1 aromatic rings. The van der Waals surface area contributed by atoms with Crippen LogP contribution in [0.2, 0.25) is 0 Å². The van der Waals surface area contributed by atoms with E-state index >= 15 is 0 Å². The Bertz CT molecular complexity index is 1100. The van der Waals surface area contributed by atoms with Crippen molar-refractivity contribution in [3.8, 4) is 0 Å². The van der Waals surface area contributed by atoms with Gasteiger partial charge in [-0.15, -0.1) is 11.3 Å². The third kappa shape index (κ3) is 6.51. The van der Waals surface area contributed by atoms with E-state index in [-0.39, 0.29) is 24.3 Å². The highest BCUT2D eigenvalue weighted by Gasteiger charge is 2.27. The summed E-state index contributed by atoms with van der Waals surface area (Å²) in [6, 6.07) is 0. The Morgan fingerprint density at radius 1 is 1.14 bits per heavy atom. The molecule has 1 fully saturated rings. The molecule has 35 heavy (non-hydrogen) atoms. The minimum Gasteiger partial charge on any atom is -0.444 e. The summed E-state index contributed by atoms with van der Waals surface area (Å²) in [4.78, 5) is 40.7. The van der Waals surface area contributed by atoms with Crippen LogP contribution in [0.25, 0.3) is 5.57 Å². The van der Waals surface area contributed by atoms with Crippen LogP contribution in [0.15, 0.2) is 33.7 Å². The molecule has 0 bridgehead atoms. The van der Waals surface area contributed by atoms with E-state index in [0.717, 1.165) is 40.8 Å². The predicted octanol–water partition coefficient (Wildman–Crippen LogP) is 6.22. The summed E-state index contributed by atoms with van der Waals surface area (Å²) < 4.78 is 5.52. The normalized spacial score (nSPS) is 16.9. The Kier molecular flexibility index (Phi) is 8.42. The number of hydrogen-bond donors (Lipinski definition) is 1. The first-order valence-corrected chi connectivity index (χ1v) is 13.2. The van der Waals surface area contributed by atoms with E-state index in [9.17, 15) is 14.4 Å². The molecule has 1 aliphatic carbocycles. The van der Waals surface area contributed by atoms with Crippen LogP contribution in [0.4, 0.5) is 4.79 Å². The van der Waals surface area contributed by atoms with E-state index in [4.69, 9.17) is 4.74 Å². The van der Waals surface area contributed by atoms with Crippen LogP contribution < -0.4 is 5.32 Å². The van der Waals surface area contributed by atoms with E-state index in [1.54, 1.807) is 16.2 Å². The first kappa shape index (κ1) is 26.9. The summed E-state index contributed by atoms with van der Waals surface area (Å²) in [6.45, 7) is 15.2. The van der Waals surface area contributed by atoms with Gasteiger partial charge in [0.25, 0.3) is 5.91 Å². The van der Waals surface area contributed by atoms with Crippen LogP contribution in [0, 0.1) is 6.92 Å². The zero-order valence-corrected chi connectivity index (χ0v) is 22.9. The molecule has 1 aromatic heterocycles. The van der Waals surface area contributed by atoms with E-state index in [0.29, 0.717) is 30.6 Å². The fraction of sp³-hybridized carbons (Fsp3) is 0.536. The van der Waals surface area contributed by atoms with Crippen molar-refractivity contribution in [2.45, 2.75) is 79.8 Å². The summed E-state index contributed by atoms with van der Waals surface area (Å²) in [5.74, 6) is -0.0640. The maximum Gasteiger partial charge on any atom is 0.410 e. The predicted molar refractivity (Wildman–Crippen MR) is 142 cm³/mol. The first-order valence-electron chi connectivity index (χ1n) is 12.4. The van der Waals surface area contributed by atoms with Gasteiger partial charge in [-0.1, -0.05) is 24.1 Å². The van der Waals surface area contributed by atoms with Gasteiger partial charge in [-0.3, -0.25) is 9.59 Å². The summed E-state index contributed by atoms with van der Waals surface area (Å²) in [6.07, 6.45) is 4.67. The van der Waals surface area contributed by atoms with Crippen LogP contribution >= 0.6 is 11.3 Å². The minimum atomic E-state index is -0.498. The Hall–Kier alpha value is -2.67. The number of allylic oxidation sites excluding steroid dienone is 4. The lowest BCUT2D eigenvalue weighted by Gasteiger charge is -2.32. The molecule has 2 amide bonds. The number of amides is 2. The number of likely N-dealkylation sites (tertiary alicyclic amines) is 1. The van der Waals surface area contributed by atoms with Crippen molar-refractivity contribution in [1.82, 2.24) is 10.2 Å². The number of nitrogens with one attached hydrogen (secondary N) is 1. The largest absolute Gasteiger partial charge is 0.444 e. The smallest absolute Gasteiger partial charge is 0.410 e. The third-order valence-electron chi connectivity index (χ3n) is 6.50. The van der Waals surface area contributed by atoms with Crippen LogP contribution in [0.1, 0.15) is 88.0 Å². The number of nitrogens with zero attached hydrogens (tertiary/aromatic N) is 1. The number of Topliss-reactive ketones (excluding diaryl/α,β-unsaturated/α-hetero) is 1. The highest BCUT2D eigenvalue weighted by Crippen LogP contribution is 2.36. The van der Waals surface area contributed by atoms with Gasteiger partial charge < -0.3 is 15.0 Å². The van der Waals surface area contributed by atoms with Gasteiger partial charge in [-0.2, -0.15) is 0 Å². The van der Waals surface area contributed by atoms with Crippen molar-refractivity contribution in [1.29, 1.82) is 0 Å². The second kappa shape index (κ2) is 10.9. The van der Waals surface area contributed by atoms with Crippen LogP contribution in [-0.2, 0) is 9.53 Å². The monoisotopic (exact) mass is 498 g/mol. The maximum absolute atomic E-state index is 13.0. The van der Waals surface area contributed by atoms with Crippen molar-refractivity contribution in [3.63, 3.8) is 0 Å². The van der Waals surface area contributed by atoms with Gasteiger partial charge in [0.1, 0.15) is 5.60 Å².